The van der Waals surface area contributed by atoms with Gasteiger partial charge in [-0.25, -0.2) is 8.42 Å². The molecule has 0 saturated carbocycles. The average molecular weight is 659 g/mol. The molecule has 0 bridgehead atoms. The molecule has 3 rings (SSSR count). The Morgan fingerprint density at radius 3 is 2.12 bits per heavy atom. The minimum atomic E-state index is -4.30. The smallest absolute Gasteiger partial charge is 0.264 e. The van der Waals surface area contributed by atoms with Crippen molar-refractivity contribution in [2.75, 3.05) is 17.4 Å². The Morgan fingerprint density at radius 2 is 1.54 bits per heavy atom. The molecule has 0 aliphatic carbocycles. The van der Waals surface area contributed by atoms with Gasteiger partial charge in [-0.2, -0.15) is 0 Å². The molecule has 3 aromatic carbocycles. The Balaban J connectivity index is 2.13. The number of carbonyl (C=O) groups is 2. The first-order valence-corrected chi connectivity index (χ1v) is 15.9. The van der Waals surface area contributed by atoms with Crippen LogP contribution in [0.15, 0.2) is 65.6 Å². The second-order valence-corrected chi connectivity index (χ2v) is 12.9. The number of benzene rings is 3. The molecule has 3 aromatic rings. The molecule has 0 heterocycles. The lowest BCUT2D eigenvalue weighted by atomic mass is 10.1. The van der Waals surface area contributed by atoms with E-state index in [1.807, 2.05) is 13.8 Å². The first-order valence-electron chi connectivity index (χ1n) is 12.9. The first-order chi connectivity index (χ1) is 19.4. The summed E-state index contributed by atoms with van der Waals surface area (Å²) in [6, 6.07) is 14.6. The van der Waals surface area contributed by atoms with Crippen molar-refractivity contribution in [1.82, 2.24) is 10.2 Å². The summed E-state index contributed by atoms with van der Waals surface area (Å²) in [5, 5.41) is 3.74. The van der Waals surface area contributed by atoms with Gasteiger partial charge < -0.3 is 10.2 Å². The third-order valence-electron chi connectivity index (χ3n) is 6.39. The van der Waals surface area contributed by atoms with E-state index in [9.17, 15) is 18.0 Å². The summed E-state index contributed by atoms with van der Waals surface area (Å²) in [6.07, 6.45) is 0.953. The summed E-state index contributed by atoms with van der Waals surface area (Å²) in [4.78, 5) is 28.6. The molecule has 12 heteroatoms. The fraction of sp³-hybridized carbons (Fsp3) is 0.310. The fourth-order valence-corrected chi connectivity index (χ4v) is 6.54. The van der Waals surface area contributed by atoms with Crippen molar-refractivity contribution in [2.45, 2.75) is 51.1 Å². The van der Waals surface area contributed by atoms with Gasteiger partial charge >= 0.3 is 0 Å². The molecule has 0 saturated heterocycles. The Hall–Kier alpha value is -2.49. The van der Waals surface area contributed by atoms with Crippen molar-refractivity contribution in [1.29, 1.82) is 0 Å². The van der Waals surface area contributed by atoms with Crippen molar-refractivity contribution >= 4 is 73.9 Å². The topological polar surface area (TPSA) is 86.8 Å². The molecule has 0 unspecified atom stereocenters. The molecule has 1 N–H and O–H groups in total. The van der Waals surface area contributed by atoms with E-state index in [4.69, 9.17) is 46.4 Å². The zero-order chi connectivity index (χ0) is 30.3. The molecule has 0 aliphatic heterocycles. The van der Waals surface area contributed by atoms with E-state index in [-0.39, 0.29) is 39.5 Å². The van der Waals surface area contributed by atoms with E-state index in [2.05, 4.69) is 5.32 Å². The summed E-state index contributed by atoms with van der Waals surface area (Å²) >= 11 is 25.5. The maximum atomic E-state index is 14.1. The van der Waals surface area contributed by atoms with Gasteiger partial charge in [-0.1, -0.05) is 84.0 Å². The van der Waals surface area contributed by atoms with E-state index in [0.717, 1.165) is 9.87 Å². The molecular formula is C29H31Cl4N3O4S. The summed E-state index contributed by atoms with van der Waals surface area (Å²) in [6.45, 7) is 5.12. The molecule has 0 spiro atoms. The zero-order valence-corrected chi connectivity index (χ0v) is 26.7. The second kappa shape index (κ2) is 14.6. The van der Waals surface area contributed by atoms with Crippen LogP contribution in [0.1, 0.15) is 37.8 Å². The van der Waals surface area contributed by atoms with Gasteiger partial charge in [0.05, 0.1) is 15.6 Å². The highest BCUT2D eigenvalue weighted by molar-refractivity contribution is 7.92. The number of nitrogens with one attached hydrogen (secondary N) is 1. The summed E-state index contributed by atoms with van der Waals surface area (Å²) in [5.41, 5.74) is 1.31. The number of carbonyl (C=O) groups excluding carboxylic acids is 2. The molecule has 220 valence electrons. The number of hydrogen-bond acceptors (Lipinski definition) is 4. The molecule has 0 aliphatic rings. The monoisotopic (exact) mass is 657 g/mol. The Kier molecular flexibility index (Phi) is 11.8. The van der Waals surface area contributed by atoms with Crippen LogP contribution in [-0.2, 0) is 26.2 Å². The zero-order valence-electron chi connectivity index (χ0n) is 22.8. The maximum absolute atomic E-state index is 14.1. The third kappa shape index (κ3) is 8.08. The fourth-order valence-electron chi connectivity index (χ4n) is 4.17. The number of hydrogen-bond donors (Lipinski definition) is 1. The van der Waals surface area contributed by atoms with Crippen LogP contribution in [0.4, 0.5) is 5.69 Å². The molecular weight excluding hydrogens is 628 g/mol. The number of rotatable bonds is 12. The van der Waals surface area contributed by atoms with Crippen molar-refractivity contribution in [3.8, 4) is 0 Å². The van der Waals surface area contributed by atoms with E-state index >= 15 is 0 Å². The Bertz CT molecular complexity index is 1480. The number of aryl methyl sites for hydroxylation is 1. The van der Waals surface area contributed by atoms with Gasteiger partial charge in [0.15, 0.2) is 0 Å². The van der Waals surface area contributed by atoms with Crippen LogP contribution in [0.2, 0.25) is 20.1 Å². The Labute approximate surface area is 261 Å². The van der Waals surface area contributed by atoms with Crippen LogP contribution < -0.4 is 9.62 Å². The predicted molar refractivity (Wildman–Crippen MR) is 167 cm³/mol. The van der Waals surface area contributed by atoms with Crippen LogP contribution in [0.25, 0.3) is 0 Å². The summed E-state index contributed by atoms with van der Waals surface area (Å²) < 4.78 is 28.9. The van der Waals surface area contributed by atoms with Crippen molar-refractivity contribution < 1.29 is 18.0 Å². The average Bonchev–Trinajstić information content (AvgIpc) is 2.93. The van der Waals surface area contributed by atoms with Crippen LogP contribution in [-0.4, -0.2) is 44.3 Å². The highest BCUT2D eigenvalue weighted by atomic mass is 35.5. The number of sulfonamides is 1. The minimum absolute atomic E-state index is 0.0206. The first kappa shape index (κ1) is 33.0. The SMILES string of the molecule is CCCNC(=O)[C@@H](CC)N(Cc1c(Cl)cccc1Cl)C(=O)CN(c1cc(Cl)ccc1Cl)S(=O)(=O)c1ccc(C)cc1. The maximum Gasteiger partial charge on any atom is 0.264 e. The lowest BCUT2D eigenvalue weighted by molar-refractivity contribution is -0.140. The van der Waals surface area contributed by atoms with Gasteiger partial charge in [-0.15, -0.1) is 0 Å². The minimum Gasteiger partial charge on any atom is -0.354 e. The number of nitrogens with zero attached hydrogens (tertiary/aromatic N) is 2. The van der Waals surface area contributed by atoms with Gasteiger partial charge in [0.1, 0.15) is 12.6 Å². The van der Waals surface area contributed by atoms with E-state index in [0.29, 0.717) is 28.6 Å². The van der Waals surface area contributed by atoms with E-state index in [1.165, 1.54) is 35.2 Å². The van der Waals surface area contributed by atoms with Gasteiger partial charge in [0.2, 0.25) is 11.8 Å². The third-order valence-corrected chi connectivity index (χ3v) is 9.43. The summed E-state index contributed by atoms with van der Waals surface area (Å²) in [7, 11) is -4.30. The number of halogens is 4. The molecule has 0 fully saturated rings. The standard InChI is InChI=1S/C29H31Cl4N3O4S/c1-4-15-34-29(38)26(5-2)35(17-22-23(31)7-6-8-24(22)32)28(37)18-36(27-16-20(30)11-14-25(27)33)41(39,40)21-12-9-19(3)10-13-21/h6-14,16,26H,4-5,15,17-18H2,1-3H3,(H,34,38)/t26-/m1/s1. The lowest BCUT2D eigenvalue weighted by Crippen LogP contribution is -2.52. The van der Waals surface area contributed by atoms with Crippen LogP contribution >= 0.6 is 46.4 Å². The highest BCUT2D eigenvalue weighted by Crippen LogP contribution is 2.34. The van der Waals surface area contributed by atoms with Crippen molar-refractivity contribution in [3.05, 3.63) is 91.9 Å². The lowest BCUT2D eigenvalue weighted by Gasteiger charge is -2.33. The van der Waals surface area contributed by atoms with Gasteiger partial charge in [-0.05, 0) is 62.2 Å². The Morgan fingerprint density at radius 1 is 0.902 bits per heavy atom. The quantitative estimate of drug-likeness (QED) is 0.224. The van der Waals surface area contributed by atoms with Crippen molar-refractivity contribution in [3.63, 3.8) is 0 Å². The van der Waals surface area contributed by atoms with Crippen LogP contribution in [0, 0.1) is 6.92 Å². The highest BCUT2D eigenvalue weighted by Gasteiger charge is 2.35. The molecule has 1 atom stereocenters. The number of anilines is 1. The largest absolute Gasteiger partial charge is 0.354 e. The van der Waals surface area contributed by atoms with Gasteiger partial charge in [0, 0.05) is 33.7 Å². The molecule has 0 aromatic heterocycles. The van der Waals surface area contributed by atoms with Gasteiger partial charge in [0.25, 0.3) is 10.0 Å². The van der Waals surface area contributed by atoms with Gasteiger partial charge in [-0.3, -0.25) is 13.9 Å². The molecule has 0 radical (unpaired) electrons. The van der Waals surface area contributed by atoms with Crippen LogP contribution in [0.5, 0.6) is 0 Å². The molecule has 2 amide bonds. The number of amides is 2. The van der Waals surface area contributed by atoms with Crippen LogP contribution in [0.3, 0.4) is 0 Å². The van der Waals surface area contributed by atoms with E-state index in [1.54, 1.807) is 37.3 Å². The summed E-state index contributed by atoms with van der Waals surface area (Å²) in [5.74, 6) is -1.04. The molecule has 7 nitrogen and oxygen atoms in total. The predicted octanol–water partition coefficient (Wildman–Crippen LogP) is 7.14. The molecule has 41 heavy (non-hydrogen) atoms. The van der Waals surface area contributed by atoms with E-state index < -0.39 is 28.5 Å². The van der Waals surface area contributed by atoms with Crippen molar-refractivity contribution in [2.24, 2.45) is 0 Å². The second-order valence-electron chi connectivity index (χ2n) is 9.36. The normalized spacial score (nSPS) is 12.1.